The van der Waals surface area contributed by atoms with Crippen LogP contribution in [0, 0.1) is 0 Å². The predicted molar refractivity (Wildman–Crippen MR) is 95.9 cm³/mol. The minimum atomic E-state index is -0.212. The highest BCUT2D eigenvalue weighted by Gasteiger charge is 2.20. The molecule has 3 aromatic heterocycles. The molecule has 1 aliphatic heterocycles. The van der Waals surface area contributed by atoms with Gasteiger partial charge in [0.05, 0.1) is 11.8 Å². The van der Waals surface area contributed by atoms with E-state index in [1.807, 2.05) is 30.3 Å². The van der Waals surface area contributed by atoms with E-state index in [0.717, 1.165) is 48.6 Å². The first-order chi connectivity index (χ1) is 12.3. The van der Waals surface area contributed by atoms with Crippen molar-refractivity contribution >= 4 is 5.82 Å². The molecule has 0 aliphatic carbocycles. The second-order valence-electron chi connectivity index (χ2n) is 6.13. The summed E-state index contributed by atoms with van der Waals surface area (Å²) < 4.78 is 0. The molecule has 0 amide bonds. The van der Waals surface area contributed by atoms with Crippen molar-refractivity contribution in [3.63, 3.8) is 0 Å². The first kappa shape index (κ1) is 15.7. The van der Waals surface area contributed by atoms with Gasteiger partial charge in [0.15, 0.2) is 5.82 Å². The molecule has 6 heteroatoms. The Bertz CT molecular complexity index is 775. The van der Waals surface area contributed by atoms with E-state index >= 15 is 0 Å². The largest absolute Gasteiger partial charge is 0.393 e. The lowest BCUT2D eigenvalue weighted by atomic mass is 10.1. The number of aliphatic hydroxyl groups is 1. The maximum atomic E-state index is 9.76. The SMILES string of the molecule is OC1CCN(c2cc(-c3ccncc3)nc(-c3cccnc3)n2)CC1. The van der Waals surface area contributed by atoms with Gasteiger partial charge < -0.3 is 10.0 Å². The molecular formula is C19H19N5O. The maximum Gasteiger partial charge on any atom is 0.163 e. The average molecular weight is 333 g/mol. The molecule has 0 unspecified atom stereocenters. The number of pyridine rings is 2. The van der Waals surface area contributed by atoms with Gasteiger partial charge in [-0.3, -0.25) is 9.97 Å². The van der Waals surface area contributed by atoms with Gasteiger partial charge in [-0.15, -0.1) is 0 Å². The number of piperidine rings is 1. The standard InChI is InChI=1S/C19H19N5O/c25-16-5-10-24(11-6-16)18-12-17(14-3-8-20-9-4-14)22-19(23-18)15-2-1-7-21-13-15/h1-4,7-9,12-13,16,25H,5-6,10-11H2. The highest BCUT2D eigenvalue weighted by atomic mass is 16.3. The van der Waals surface area contributed by atoms with Crippen molar-refractivity contribution in [3.8, 4) is 22.6 Å². The van der Waals surface area contributed by atoms with Crippen molar-refractivity contribution in [3.05, 3.63) is 55.1 Å². The Morgan fingerprint density at radius 3 is 2.44 bits per heavy atom. The number of aliphatic hydroxyl groups excluding tert-OH is 1. The quantitative estimate of drug-likeness (QED) is 0.794. The molecule has 126 valence electrons. The van der Waals surface area contributed by atoms with Gasteiger partial charge in [0.25, 0.3) is 0 Å². The summed E-state index contributed by atoms with van der Waals surface area (Å²) in [5.41, 5.74) is 2.75. The van der Waals surface area contributed by atoms with E-state index in [-0.39, 0.29) is 6.10 Å². The summed E-state index contributed by atoms with van der Waals surface area (Å²) in [4.78, 5) is 20.0. The highest BCUT2D eigenvalue weighted by molar-refractivity contribution is 5.67. The summed E-state index contributed by atoms with van der Waals surface area (Å²) in [5.74, 6) is 1.54. The predicted octanol–water partition coefficient (Wildman–Crippen LogP) is 2.56. The van der Waals surface area contributed by atoms with Gasteiger partial charge in [-0.2, -0.15) is 0 Å². The van der Waals surface area contributed by atoms with Crippen LogP contribution in [0.15, 0.2) is 55.1 Å². The molecule has 4 rings (SSSR count). The molecule has 0 saturated carbocycles. The van der Waals surface area contributed by atoms with Gasteiger partial charge in [0, 0.05) is 55.1 Å². The molecule has 0 aromatic carbocycles. The van der Waals surface area contributed by atoms with Crippen molar-refractivity contribution < 1.29 is 5.11 Å². The molecule has 0 atom stereocenters. The van der Waals surface area contributed by atoms with Crippen LogP contribution in [0.2, 0.25) is 0 Å². The normalized spacial score (nSPS) is 15.3. The third kappa shape index (κ3) is 3.49. The average Bonchev–Trinajstić information content (AvgIpc) is 2.69. The summed E-state index contributed by atoms with van der Waals surface area (Å²) in [5, 5.41) is 9.76. The van der Waals surface area contributed by atoms with Crippen LogP contribution in [0.1, 0.15) is 12.8 Å². The fourth-order valence-electron chi connectivity index (χ4n) is 2.99. The molecule has 6 nitrogen and oxygen atoms in total. The molecule has 3 aromatic rings. The first-order valence-corrected chi connectivity index (χ1v) is 8.42. The lowest BCUT2D eigenvalue weighted by molar-refractivity contribution is 0.145. The van der Waals surface area contributed by atoms with Gasteiger partial charge in [-0.05, 0) is 37.1 Å². The summed E-state index contributed by atoms with van der Waals surface area (Å²) in [6.07, 6.45) is 8.35. The molecular weight excluding hydrogens is 314 g/mol. The zero-order valence-corrected chi connectivity index (χ0v) is 13.8. The monoisotopic (exact) mass is 333 g/mol. The lowest BCUT2D eigenvalue weighted by Gasteiger charge is -2.30. The van der Waals surface area contributed by atoms with E-state index in [2.05, 4.69) is 14.9 Å². The summed E-state index contributed by atoms with van der Waals surface area (Å²) in [6, 6.07) is 9.74. The second-order valence-corrected chi connectivity index (χ2v) is 6.13. The van der Waals surface area contributed by atoms with Gasteiger partial charge in [-0.25, -0.2) is 9.97 Å². The van der Waals surface area contributed by atoms with Gasteiger partial charge in [0.2, 0.25) is 0 Å². The Morgan fingerprint density at radius 2 is 1.72 bits per heavy atom. The van der Waals surface area contributed by atoms with Crippen LogP contribution in [0.3, 0.4) is 0 Å². The van der Waals surface area contributed by atoms with Crippen LogP contribution in [0.5, 0.6) is 0 Å². The number of hydrogen-bond acceptors (Lipinski definition) is 6. The first-order valence-electron chi connectivity index (χ1n) is 8.42. The molecule has 1 fully saturated rings. The lowest BCUT2D eigenvalue weighted by Crippen LogP contribution is -2.36. The minimum absolute atomic E-state index is 0.212. The van der Waals surface area contributed by atoms with Crippen molar-refractivity contribution in [1.29, 1.82) is 0 Å². The molecule has 1 N–H and O–H groups in total. The fraction of sp³-hybridized carbons (Fsp3) is 0.263. The molecule has 1 saturated heterocycles. The van der Waals surface area contributed by atoms with E-state index in [0.29, 0.717) is 5.82 Å². The number of anilines is 1. The van der Waals surface area contributed by atoms with Crippen LogP contribution in [-0.4, -0.2) is 44.2 Å². The third-order valence-electron chi connectivity index (χ3n) is 4.40. The van der Waals surface area contributed by atoms with Crippen LogP contribution in [0.4, 0.5) is 5.82 Å². The van der Waals surface area contributed by atoms with E-state index in [1.54, 1.807) is 24.8 Å². The van der Waals surface area contributed by atoms with Crippen molar-refractivity contribution in [2.45, 2.75) is 18.9 Å². The highest BCUT2D eigenvalue weighted by Crippen LogP contribution is 2.27. The molecule has 0 radical (unpaired) electrons. The van der Waals surface area contributed by atoms with E-state index in [4.69, 9.17) is 9.97 Å². The van der Waals surface area contributed by atoms with E-state index in [9.17, 15) is 5.11 Å². The third-order valence-corrected chi connectivity index (χ3v) is 4.40. The Hall–Kier alpha value is -2.86. The molecule has 4 heterocycles. The second kappa shape index (κ2) is 6.94. The van der Waals surface area contributed by atoms with Crippen LogP contribution < -0.4 is 4.90 Å². The topological polar surface area (TPSA) is 75.0 Å². The van der Waals surface area contributed by atoms with Crippen LogP contribution >= 0.6 is 0 Å². The molecule has 0 spiro atoms. The zero-order chi connectivity index (χ0) is 17.1. The number of hydrogen-bond donors (Lipinski definition) is 1. The Morgan fingerprint density at radius 1 is 0.920 bits per heavy atom. The van der Waals surface area contributed by atoms with E-state index < -0.39 is 0 Å². The summed E-state index contributed by atoms with van der Waals surface area (Å²) in [6.45, 7) is 1.58. The Labute approximate surface area is 146 Å². The van der Waals surface area contributed by atoms with Gasteiger partial charge in [-0.1, -0.05) is 0 Å². The van der Waals surface area contributed by atoms with Crippen LogP contribution in [-0.2, 0) is 0 Å². The van der Waals surface area contributed by atoms with Crippen molar-refractivity contribution in [2.24, 2.45) is 0 Å². The minimum Gasteiger partial charge on any atom is -0.393 e. The van der Waals surface area contributed by atoms with Gasteiger partial charge in [0.1, 0.15) is 5.82 Å². The summed E-state index contributed by atoms with van der Waals surface area (Å²) >= 11 is 0. The smallest absolute Gasteiger partial charge is 0.163 e. The Balaban J connectivity index is 1.78. The summed E-state index contributed by atoms with van der Waals surface area (Å²) in [7, 11) is 0. The molecule has 1 aliphatic rings. The zero-order valence-electron chi connectivity index (χ0n) is 13.8. The van der Waals surface area contributed by atoms with Crippen molar-refractivity contribution in [2.75, 3.05) is 18.0 Å². The number of aromatic nitrogens is 4. The fourth-order valence-corrected chi connectivity index (χ4v) is 2.99. The molecule has 0 bridgehead atoms. The van der Waals surface area contributed by atoms with Crippen LogP contribution in [0.25, 0.3) is 22.6 Å². The maximum absolute atomic E-state index is 9.76. The van der Waals surface area contributed by atoms with Crippen molar-refractivity contribution in [1.82, 2.24) is 19.9 Å². The molecule has 25 heavy (non-hydrogen) atoms. The van der Waals surface area contributed by atoms with E-state index in [1.165, 1.54) is 0 Å². The Kier molecular flexibility index (Phi) is 4.35. The number of rotatable bonds is 3. The van der Waals surface area contributed by atoms with Gasteiger partial charge >= 0.3 is 0 Å². The number of nitrogens with zero attached hydrogens (tertiary/aromatic N) is 5.